The lowest BCUT2D eigenvalue weighted by Crippen LogP contribution is -2.40. The highest BCUT2D eigenvalue weighted by Crippen LogP contribution is 2.36. The van der Waals surface area contributed by atoms with Gasteiger partial charge in [-0.05, 0) is 23.8 Å². The Hall–Kier alpha value is -2.25. The van der Waals surface area contributed by atoms with Gasteiger partial charge in [0, 0.05) is 31.6 Å². The van der Waals surface area contributed by atoms with Crippen molar-refractivity contribution >= 4 is 33.2 Å². The molecule has 0 aromatic heterocycles. The third-order valence-electron chi connectivity index (χ3n) is 4.37. The lowest BCUT2D eigenvalue weighted by molar-refractivity contribution is -0.138. The van der Waals surface area contributed by atoms with Crippen LogP contribution in [0, 0.1) is 0 Å². The Kier molecular flexibility index (Phi) is 5.62. The van der Waals surface area contributed by atoms with Crippen molar-refractivity contribution in [2.45, 2.75) is 19.1 Å². The summed E-state index contributed by atoms with van der Waals surface area (Å²) in [6.07, 6.45) is 0.601. The summed E-state index contributed by atoms with van der Waals surface area (Å²) >= 11 is 6.03. The van der Waals surface area contributed by atoms with Gasteiger partial charge in [-0.2, -0.15) is 0 Å². The van der Waals surface area contributed by atoms with Gasteiger partial charge in [0.1, 0.15) is 5.75 Å². The predicted molar refractivity (Wildman–Crippen MR) is 106 cm³/mol. The Labute approximate surface area is 164 Å². The summed E-state index contributed by atoms with van der Waals surface area (Å²) in [5.41, 5.74) is 1.36. The van der Waals surface area contributed by atoms with Crippen LogP contribution in [0.1, 0.15) is 12.0 Å². The van der Waals surface area contributed by atoms with Crippen molar-refractivity contribution in [3.63, 3.8) is 0 Å². The number of halogens is 1. The summed E-state index contributed by atoms with van der Waals surface area (Å²) < 4.78 is 31.5. The van der Waals surface area contributed by atoms with Crippen LogP contribution in [-0.4, -0.2) is 45.2 Å². The second-order valence-corrected chi connectivity index (χ2v) is 8.87. The van der Waals surface area contributed by atoms with Crippen LogP contribution in [-0.2, 0) is 21.4 Å². The van der Waals surface area contributed by atoms with Gasteiger partial charge in [0.05, 0.1) is 11.9 Å². The van der Waals surface area contributed by atoms with Crippen LogP contribution < -0.4 is 9.04 Å². The maximum absolute atomic E-state index is 12.9. The molecule has 2 aromatic rings. The van der Waals surface area contributed by atoms with E-state index in [9.17, 15) is 13.2 Å². The van der Waals surface area contributed by atoms with Gasteiger partial charge in [-0.3, -0.25) is 9.10 Å². The highest BCUT2D eigenvalue weighted by atomic mass is 35.5. The van der Waals surface area contributed by atoms with Crippen molar-refractivity contribution < 1.29 is 17.9 Å². The number of rotatable bonds is 4. The normalized spacial score (nSPS) is 16.9. The summed E-state index contributed by atoms with van der Waals surface area (Å²) in [7, 11) is -1.82. The lowest BCUT2D eigenvalue weighted by atomic mass is 10.2. The molecule has 6 nitrogen and oxygen atoms in total. The minimum Gasteiger partial charge on any atom is -0.478 e. The van der Waals surface area contributed by atoms with E-state index in [0.717, 1.165) is 11.8 Å². The number of carbonyl (C=O) groups is 1. The summed E-state index contributed by atoms with van der Waals surface area (Å²) in [6.45, 7) is 0.588. The largest absolute Gasteiger partial charge is 0.478 e. The molecule has 2 aromatic carbocycles. The third kappa shape index (κ3) is 4.54. The van der Waals surface area contributed by atoms with Crippen LogP contribution in [0.2, 0.25) is 5.02 Å². The van der Waals surface area contributed by atoms with Gasteiger partial charge >= 0.3 is 0 Å². The van der Waals surface area contributed by atoms with E-state index < -0.39 is 16.1 Å². The number of likely N-dealkylation sites (N-methyl/N-ethyl adjacent to an activating group) is 1. The molecule has 0 spiro atoms. The Balaban J connectivity index is 1.84. The molecule has 0 saturated carbocycles. The molecular weight excluding hydrogens is 388 g/mol. The average Bonchev–Trinajstić information content (AvgIpc) is 2.81. The minimum absolute atomic E-state index is 0.141. The number of carbonyl (C=O) groups excluding carboxylic acids is 1. The molecule has 0 unspecified atom stereocenters. The summed E-state index contributed by atoms with van der Waals surface area (Å²) in [5, 5.41) is 0.400. The fourth-order valence-corrected chi connectivity index (χ4v) is 4.15. The molecule has 3 rings (SSSR count). The number of hydrogen-bond acceptors (Lipinski definition) is 4. The molecule has 1 aliphatic heterocycles. The molecule has 1 amide bonds. The monoisotopic (exact) mass is 408 g/mol. The van der Waals surface area contributed by atoms with E-state index in [-0.39, 0.29) is 18.9 Å². The number of benzene rings is 2. The van der Waals surface area contributed by atoms with E-state index in [0.29, 0.717) is 23.0 Å². The fourth-order valence-electron chi connectivity index (χ4n) is 3.05. The number of ether oxygens (including phenoxy) is 1. The van der Waals surface area contributed by atoms with E-state index in [2.05, 4.69) is 0 Å². The summed E-state index contributed by atoms with van der Waals surface area (Å²) in [4.78, 5) is 14.5. The SMILES string of the molecule is CN(Cc1ccccc1)C(=O)[C@@H]1CCN(S(C)(=O)=O)c2cc(Cl)ccc2O1. The molecule has 0 saturated heterocycles. The zero-order chi connectivity index (χ0) is 19.6. The topological polar surface area (TPSA) is 66.9 Å². The predicted octanol–water partition coefficient (Wildman–Crippen LogP) is 2.92. The van der Waals surface area contributed by atoms with Crippen LogP contribution in [0.3, 0.4) is 0 Å². The minimum atomic E-state index is -3.53. The van der Waals surface area contributed by atoms with E-state index in [4.69, 9.17) is 16.3 Å². The molecule has 1 aliphatic rings. The molecule has 1 heterocycles. The van der Waals surface area contributed by atoms with Crippen molar-refractivity contribution in [3.05, 3.63) is 59.1 Å². The molecule has 27 heavy (non-hydrogen) atoms. The van der Waals surface area contributed by atoms with Gasteiger partial charge in [0.2, 0.25) is 10.0 Å². The Bertz CT molecular complexity index is 934. The first-order valence-corrected chi connectivity index (χ1v) is 10.7. The first kappa shape index (κ1) is 19.5. The van der Waals surface area contributed by atoms with E-state index in [1.807, 2.05) is 30.3 Å². The summed E-state index contributed by atoms with van der Waals surface area (Å²) in [6, 6.07) is 14.4. The third-order valence-corrected chi connectivity index (χ3v) is 5.78. The molecule has 0 aliphatic carbocycles. The van der Waals surface area contributed by atoms with Crippen LogP contribution >= 0.6 is 11.6 Å². The highest BCUT2D eigenvalue weighted by Gasteiger charge is 2.32. The molecule has 0 radical (unpaired) electrons. The van der Waals surface area contributed by atoms with E-state index >= 15 is 0 Å². The van der Waals surface area contributed by atoms with E-state index in [1.54, 1.807) is 30.1 Å². The van der Waals surface area contributed by atoms with Gasteiger partial charge in [0.15, 0.2) is 6.10 Å². The molecule has 0 N–H and O–H groups in total. The first-order chi connectivity index (χ1) is 12.8. The molecule has 0 bridgehead atoms. The van der Waals surface area contributed by atoms with Gasteiger partial charge in [0.25, 0.3) is 5.91 Å². The number of hydrogen-bond donors (Lipinski definition) is 0. The smallest absolute Gasteiger partial charge is 0.263 e. The van der Waals surface area contributed by atoms with Crippen molar-refractivity contribution in [2.24, 2.45) is 0 Å². The maximum Gasteiger partial charge on any atom is 0.263 e. The second-order valence-electron chi connectivity index (χ2n) is 6.52. The fraction of sp³-hybridized carbons (Fsp3) is 0.316. The number of fused-ring (bicyclic) bond motifs is 1. The number of nitrogens with zero attached hydrogens (tertiary/aromatic N) is 2. The average molecular weight is 409 g/mol. The first-order valence-electron chi connectivity index (χ1n) is 8.48. The van der Waals surface area contributed by atoms with Crippen LogP contribution in [0.5, 0.6) is 5.75 Å². The van der Waals surface area contributed by atoms with Crippen molar-refractivity contribution in [1.82, 2.24) is 4.90 Å². The molecular formula is C19H21ClN2O4S. The van der Waals surface area contributed by atoms with Gasteiger partial charge in [-0.1, -0.05) is 41.9 Å². The standard InChI is InChI=1S/C19H21ClN2O4S/c1-21(13-14-6-4-3-5-7-14)19(23)18-10-11-22(27(2,24)25)16-12-15(20)8-9-17(16)26-18/h3-9,12,18H,10-11,13H2,1-2H3/t18-/m0/s1. The van der Waals surface area contributed by atoms with Crippen LogP contribution in [0.4, 0.5) is 5.69 Å². The number of sulfonamides is 1. The van der Waals surface area contributed by atoms with Crippen molar-refractivity contribution in [1.29, 1.82) is 0 Å². The number of amides is 1. The van der Waals surface area contributed by atoms with E-state index in [1.165, 1.54) is 4.31 Å². The molecule has 8 heteroatoms. The summed E-state index contributed by atoms with van der Waals surface area (Å²) in [5.74, 6) is 0.129. The highest BCUT2D eigenvalue weighted by molar-refractivity contribution is 7.92. The lowest BCUT2D eigenvalue weighted by Gasteiger charge is -2.23. The Morgan fingerprint density at radius 2 is 1.96 bits per heavy atom. The quantitative estimate of drug-likeness (QED) is 0.780. The molecule has 144 valence electrons. The zero-order valence-corrected chi connectivity index (χ0v) is 16.7. The maximum atomic E-state index is 12.9. The molecule has 1 atom stereocenters. The Morgan fingerprint density at radius 3 is 2.63 bits per heavy atom. The van der Waals surface area contributed by atoms with Gasteiger partial charge < -0.3 is 9.64 Å². The van der Waals surface area contributed by atoms with Crippen molar-refractivity contribution in [2.75, 3.05) is 24.2 Å². The second kappa shape index (κ2) is 7.78. The van der Waals surface area contributed by atoms with Crippen LogP contribution in [0.15, 0.2) is 48.5 Å². The van der Waals surface area contributed by atoms with Gasteiger partial charge in [-0.25, -0.2) is 8.42 Å². The Morgan fingerprint density at radius 1 is 1.26 bits per heavy atom. The van der Waals surface area contributed by atoms with Crippen LogP contribution in [0.25, 0.3) is 0 Å². The number of anilines is 1. The zero-order valence-electron chi connectivity index (χ0n) is 15.1. The van der Waals surface area contributed by atoms with Crippen molar-refractivity contribution in [3.8, 4) is 5.75 Å². The molecule has 0 fully saturated rings. The van der Waals surface area contributed by atoms with Gasteiger partial charge in [-0.15, -0.1) is 0 Å².